The Balaban J connectivity index is 2.07. The van der Waals surface area contributed by atoms with Gasteiger partial charge in [-0.3, -0.25) is 14.5 Å². The summed E-state index contributed by atoms with van der Waals surface area (Å²) in [6.07, 6.45) is 0. The van der Waals surface area contributed by atoms with Crippen molar-refractivity contribution in [3.05, 3.63) is 81.9 Å². The number of rotatable bonds is 7. The van der Waals surface area contributed by atoms with Crippen LogP contribution < -0.4 is 23.8 Å². The van der Waals surface area contributed by atoms with E-state index in [1.54, 1.807) is 30.3 Å². The van der Waals surface area contributed by atoms with Gasteiger partial charge in [-0.15, -0.1) is 0 Å². The Kier molecular flexibility index (Phi) is 7.35. The molecule has 1 fully saturated rings. The molecule has 0 aliphatic carbocycles. The van der Waals surface area contributed by atoms with Gasteiger partial charge in [-0.1, -0.05) is 23.8 Å². The number of amides is 1. The van der Waals surface area contributed by atoms with Crippen LogP contribution in [0.25, 0.3) is 5.76 Å². The number of benzene rings is 3. The predicted molar refractivity (Wildman–Crippen MR) is 145 cm³/mol. The predicted octanol–water partition coefficient (Wildman–Crippen LogP) is 5.27. The van der Waals surface area contributed by atoms with E-state index in [9.17, 15) is 14.7 Å². The molecule has 8 nitrogen and oxygen atoms in total. The topological polar surface area (TPSA) is 94.5 Å². The number of nitrogens with zero attached hydrogens (tertiary/aromatic N) is 1. The third kappa shape index (κ3) is 4.42. The molecule has 3 aromatic rings. The Hall–Kier alpha value is -4.46. The number of ketones is 1. The maximum atomic E-state index is 13.6. The minimum atomic E-state index is -0.989. The van der Waals surface area contributed by atoms with Crippen LogP contribution in [-0.2, 0) is 9.59 Å². The molecule has 1 atom stereocenters. The highest BCUT2D eigenvalue weighted by Gasteiger charge is 2.47. The molecule has 198 valence electrons. The number of methoxy groups -OCH3 is 4. The number of hydrogen-bond donors (Lipinski definition) is 1. The summed E-state index contributed by atoms with van der Waals surface area (Å²) in [5.41, 5.74) is 3.88. The first-order chi connectivity index (χ1) is 18.2. The number of aryl methyl sites for hydroxylation is 3. The van der Waals surface area contributed by atoms with Gasteiger partial charge in [-0.25, -0.2) is 0 Å². The van der Waals surface area contributed by atoms with Crippen molar-refractivity contribution in [1.82, 2.24) is 0 Å². The molecule has 1 aliphatic heterocycles. The lowest BCUT2D eigenvalue weighted by atomic mass is 9.93. The summed E-state index contributed by atoms with van der Waals surface area (Å²) in [5, 5.41) is 11.7. The minimum absolute atomic E-state index is 0.0758. The summed E-state index contributed by atoms with van der Waals surface area (Å²) in [7, 11) is 5.96. The highest BCUT2D eigenvalue weighted by Crippen LogP contribution is 2.48. The molecule has 8 heteroatoms. The van der Waals surface area contributed by atoms with Crippen LogP contribution in [0.3, 0.4) is 0 Å². The molecule has 0 spiro atoms. The highest BCUT2D eigenvalue weighted by molar-refractivity contribution is 6.51. The molecule has 1 saturated heterocycles. The smallest absolute Gasteiger partial charge is 0.300 e. The number of hydrogen-bond acceptors (Lipinski definition) is 7. The first kappa shape index (κ1) is 26.6. The van der Waals surface area contributed by atoms with E-state index in [-0.39, 0.29) is 11.3 Å². The van der Waals surface area contributed by atoms with E-state index in [1.165, 1.54) is 33.3 Å². The molecule has 1 heterocycles. The third-order valence-electron chi connectivity index (χ3n) is 6.64. The van der Waals surface area contributed by atoms with Gasteiger partial charge < -0.3 is 24.1 Å². The summed E-state index contributed by atoms with van der Waals surface area (Å²) >= 11 is 0. The SMILES string of the molecule is COc1cc(C2/C(=C(\O)c3cc(C)cc(C)c3OC)C(=O)C(=O)N2c2ccc(C)cc2)cc(OC)c1OC. The first-order valence-corrected chi connectivity index (χ1v) is 12.0. The Morgan fingerprint density at radius 1 is 0.763 bits per heavy atom. The van der Waals surface area contributed by atoms with Crippen molar-refractivity contribution in [1.29, 1.82) is 0 Å². The molecule has 1 unspecified atom stereocenters. The Morgan fingerprint density at radius 3 is 1.87 bits per heavy atom. The zero-order valence-corrected chi connectivity index (χ0v) is 22.5. The van der Waals surface area contributed by atoms with Crippen molar-refractivity contribution in [3.63, 3.8) is 0 Å². The van der Waals surface area contributed by atoms with E-state index < -0.39 is 17.7 Å². The summed E-state index contributed by atoms with van der Waals surface area (Å²) in [4.78, 5) is 28.6. The largest absolute Gasteiger partial charge is 0.507 e. The number of aliphatic hydroxyl groups excluding tert-OH is 1. The Bertz CT molecular complexity index is 1410. The summed E-state index contributed by atoms with van der Waals surface area (Å²) in [6.45, 7) is 5.66. The molecule has 3 aromatic carbocycles. The first-order valence-electron chi connectivity index (χ1n) is 12.0. The van der Waals surface area contributed by atoms with Crippen LogP contribution in [0.2, 0.25) is 0 Å². The number of ether oxygens (including phenoxy) is 4. The number of aliphatic hydroxyl groups is 1. The van der Waals surface area contributed by atoms with Gasteiger partial charge in [0.05, 0.1) is 45.6 Å². The quantitative estimate of drug-likeness (QED) is 0.259. The zero-order valence-electron chi connectivity index (χ0n) is 22.5. The fraction of sp³-hybridized carbons (Fsp3) is 0.267. The molecule has 4 rings (SSSR count). The number of Topliss-reactive ketones (excluding diaryl/α,β-unsaturated/α-hetero) is 1. The second-order valence-corrected chi connectivity index (χ2v) is 9.13. The molecule has 38 heavy (non-hydrogen) atoms. The third-order valence-corrected chi connectivity index (χ3v) is 6.64. The molecular weight excluding hydrogens is 486 g/mol. The van der Waals surface area contributed by atoms with Crippen LogP contribution in [0.4, 0.5) is 5.69 Å². The van der Waals surface area contributed by atoms with Gasteiger partial charge in [0, 0.05) is 5.69 Å². The van der Waals surface area contributed by atoms with E-state index in [0.29, 0.717) is 39.8 Å². The minimum Gasteiger partial charge on any atom is -0.507 e. The maximum Gasteiger partial charge on any atom is 0.300 e. The lowest BCUT2D eigenvalue weighted by molar-refractivity contribution is -0.132. The monoisotopic (exact) mass is 517 g/mol. The van der Waals surface area contributed by atoms with Crippen LogP contribution in [-0.4, -0.2) is 45.2 Å². The van der Waals surface area contributed by atoms with Crippen molar-refractivity contribution in [2.24, 2.45) is 0 Å². The van der Waals surface area contributed by atoms with Crippen molar-refractivity contribution in [2.75, 3.05) is 33.3 Å². The molecular formula is C30H31NO7. The van der Waals surface area contributed by atoms with E-state index in [0.717, 1.165) is 16.7 Å². The van der Waals surface area contributed by atoms with Crippen molar-refractivity contribution >= 4 is 23.1 Å². The fourth-order valence-corrected chi connectivity index (χ4v) is 4.93. The second kappa shape index (κ2) is 10.5. The van der Waals surface area contributed by atoms with Crippen LogP contribution >= 0.6 is 0 Å². The molecule has 1 aliphatic rings. The second-order valence-electron chi connectivity index (χ2n) is 9.13. The number of carbonyl (C=O) groups is 2. The van der Waals surface area contributed by atoms with Crippen LogP contribution in [0.1, 0.15) is 33.9 Å². The maximum absolute atomic E-state index is 13.6. The lowest BCUT2D eigenvalue weighted by Crippen LogP contribution is -2.29. The van der Waals surface area contributed by atoms with Crippen LogP contribution in [0, 0.1) is 20.8 Å². The standard InChI is InChI=1S/C30H31NO7/c1-16-8-10-20(11-9-16)31-25(19-14-22(35-4)29(38-7)23(15-19)36-5)24(27(33)30(31)34)26(32)21-13-17(2)12-18(3)28(21)37-6/h8-15,25,32H,1-7H3/b26-24+. The van der Waals surface area contributed by atoms with E-state index >= 15 is 0 Å². The zero-order chi connectivity index (χ0) is 27.7. The van der Waals surface area contributed by atoms with Crippen molar-refractivity contribution in [3.8, 4) is 23.0 Å². The number of carbonyl (C=O) groups excluding carboxylic acids is 2. The normalized spacial score (nSPS) is 16.5. The molecule has 0 aromatic heterocycles. The van der Waals surface area contributed by atoms with Crippen LogP contribution in [0.15, 0.2) is 54.1 Å². The molecule has 0 bridgehead atoms. The fourth-order valence-electron chi connectivity index (χ4n) is 4.93. The lowest BCUT2D eigenvalue weighted by Gasteiger charge is -2.27. The summed E-state index contributed by atoms with van der Waals surface area (Å²) in [5.74, 6) is -0.443. The Labute approximate surface area is 222 Å². The van der Waals surface area contributed by atoms with Gasteiger partial charge in [0.15, 0.2) is 11.5 Å². The van der Waals surface area contributed by atoms with Gasteiger partial charge in [0.1, 0.15) is 11.5 Å². The van der Waals surface area contributed by atoms with E-state index in [1.807, 2.05) is 39.0 Å². The molecule has 1 N–H and O–H groups in total. The van der Waals surface area contributed by atoms with Gasteiger partial charge in [-0.05, 0) is 67.8 Å². The van der Waals surface area contributed by atoms with Gasteiger partial charge in [0.2, 0.25) is 5.75 Å². The molecule has 1 amide bonds. The van der Waals surface area contributed by atoms with Gasteiger partial charge in [-0.2, -0.15) is 0 Å². The average Bonchev–Trinajstić information content (AvgIpc) is 3.17. The highest BCUT2D eigenvalue weighted by atomic mass is 16.5. The molecule has 0 radical (unpaired) electrons. The van der Waals surface area contributed by atoms with Crippen molar-refractivity contribution in [2.45, 2.75) is 26.8 Å². The summed E-state index contributed by atoms with van der Waals surface area (Å²) < 4.78 is 22.1. The van der Waals surface area contributed by atoms with Gasteiger partial charge in [0.25, 0.3) is 11.7 Å². The summed E-state index contributed by atoms with van der Waals surface area (Å²) in [6, 6.07) is 13.2. The van der Waals surface area contributed by atoms with Gasteiger partial charge >= 0.3 is 0 Å². The van der Waals surface area contributed by atoms with Crippen LogP contribution in [0.5, 0.6) is 23.0 Å². The van der Waals surface area contributed by atoms with E-state index in [4.69, 9.17) is 18.9 Å². The Morgan fingerprint density at radius 2 is 1.34 bits per heavy atom. The van der Waals surface area contributed by atoms with Crippen molar-refractivity contribution < 1.29 is 33.6 Å². The number of anilines is 1. The van der Waals surface area contributed by atoms with E-state index in [2.05, 4.69) is 0 Å². The molecule has 0 saturated carbocycles. The average molecular weight is 518 g/mol.